The molecule has 5 rings (SSSR count). The Morgan fingerprint density at radius 2 is 1.73 bits per heavy atom. The second-order valence-electron chi connectivity index (χ2n) is 9.27. The van der Waals surface area contributed by atoms with Crippen molar-refractivity contribution in [3.05, 3.63) is 64.6 Å². The highest BCUT2D eigenvalue weighted by atomic mass is 19.4. The van der Waals surface area contributed by atoms with E-state index in [-0.39, 0.29) is 29.7 Å². The molecule has 0 radical (unpaired) electrons. The molecule has 0 aliphatic heterocycles. The number of hydrogen-bond donors (Lipinski definition) is 1. The van der Waals surface area contributed by atoms with Crippen LogP contribution in [0.5, 0.6) is 0 Å². The molecule has 33 heavy (non-hydrogen) atoms. The molecule has 2 saturated carbocycles. The van der Waals surface area contributed by atoms with E-state index >= 15 is 0 Å². The number of alkyl halides is 3. The van der Waals surface area contributed by atoms with Gasteiger partial charge in [0.2, 0.25) is 0 Å². The predicted molar refractivity (Wildman–Crippen MR) is 113 cm³/mol. The summed E-state index contributed by atoms with van der Waals surface area (Å²) in [7, 11) is 0. The van der Waals surface area contributed by atoms with Gasteiger partial charge >= 0.3 is 6.18 Å². The van der Waals surface area contributed by atoms with Gasteiger partial charge in [0, 0.05) is 31.3 Å². The fourth-order valence-corrected chi connectivity index (χ4v) is 4.91. The molecule has 0 unspecified atom stereocenters. The number of fused-ring (bicyclic) bond motifs is 1. The van der Waals surface area contributed by atoms with Crippen LogP contribution in [0.4, 0.5) is 22.0 Å². The summed E-state index contributed by atoms with van der Waals surface area (Å²) in [6, 6.07) is 5.18. The molecule has 2 aliphatic carbocycles. The Morgan fingerprint density at radius 1 is 0.970 bits per heavy atom. The molecular weight excluding hydrogens is 439 g/mol. The van der Waals surface area contributed by atoms with Crippen LogP contribution in [0, 0.1) is 17.6 Å². The highest BCUT2D eigenvalue weighted by molar-refractivity contribution is 5.53. The number of nitrogens with zero attached hydrogens (tertiary/aromatic N) is 3. The molecule has 0 saturated heterocycles. The van der Waals surface area contributed by atoms with Gasteiger partial charge in [-0.3, -0.25) is 4.40 Å². The summed E-state index contributed by atoms with van der Waals surface area (Å²) in [6.07, 6.45) is 2.71. The number of benzene rings is 1. The minimum atomic E-state index is -4.54. The van der Waals surface area contributed by atoms with E-state index in [1.807, 2.05) is 0 Å². The number of pyridine rings is 1. The second kappa shape index (κ2) is 8.66. The van der Waals surface area contributed by atoms with Crippen LogP contribution in [-0.2, 0) is 19.1 Å². The molecule has 0 bridgehead atoms. The third-order valence-corrected chi connectivity index (χ3v) is 6.90. The zero-order valence-corrected chi connectivity index (χ0v) is 18.0. The molecule has 2 heterocycles. The number of nitrogens with one attached hydrogen (secondary N) is 1. The zero-order valence-electron chi connectivity index (χ0n) is 18.0. The van der Waals surface area contributed by atoms with Gasteiger partial charge in [0.05, 0.1) is 0 Å². The van der Waals surface area contributed by atoms with Crippen molar-refractivity contribution >= 4 is 5.65 Å². The maximum Gasteiger partial charge on any atom is 0.420 e. The minimum absolute atomic E-state index is 0.00776. The van der Waals surface area contributed by atoms with Gasteiger partial charge in [-0.1, -0.05) is 6.07 Å². The molecule has 0 spiro atoms. The molecule has 2 aromatic heterocycles. The molecule has 1 aromatic carbocycles. The third kappa shape index (κ3) is 4.74. The maximum atomic E-state index is 14.1. The topological polar surface area (TPSA) is 42.2 Å². The Hall–Kier alpha value is -2.55. The van der Waals surface area contributed by atoms with E-state index in [2.05, 4.69) is 15.5 Å². The minimum Gasteiger partial charge on any atom is -0.310 e. The Morgan fingerprint density at radius 3 is 2.39 bits per heavy atom. The van der Waals surface area contributed by atoms with Crippen LogP contribution in [0.3, 0.4) is 0 Å². The average Bonchev–Trinajstić information content (AvgIpc) is 3.50. The summed E-state index contributed by atoms with van der Waals surface area (Å²) in [5.41, 5.74) is -0.234. The summed E-state index contributed by atoms with van der Waals surface area (Å²) in [5, 5.41) is 11.2. The molecule has 9 heteroatoms. The summed E-state index contributed by atoms with van der Waals surface area (Å²) in [5.74, 6) is -0.0812. The van der Waals surface area contributed by atoms with Gasteiger partial charge in [0.1, 0.15) is 23.0 Å². The molecule has 176 valence electrons. The number of rotatable bonds is 6. The van der Waals surface area contributed by atoms with Crippen molar-refractivity contribution in [3.8, 4) is 0 Å². The first-order valence-corrected chi connectivity index (χ1v) is 11.4. The van der Waals surface area contributed by atoms with Crippen LogP contribution in [0.1, 0.15) is 67.0 Å². The SMILES string of the molecule is Fc1ccc([C@H]2CC[C@@H](NCc3ccn4c(CC5CC5)nnc4c3C(F)(F)F)CC2)c(F)c1. The lowest BCUT2D eigenvalue weighted by Crippen LogP contribution is -2.33. The molecule has 2 fully saturated rings. The van der Waals surface area contributed by atoms with E-state index in [4.69, 9.17) is 0 Å². The molecular formula is C24H25F5N4. The first kappa shape index (κ1) is 22.3. The summed E-state index contributed by atoms with van der Waals surface area (Å²) < 4.78 is 70.6. The first-order valence-electron chi connectivity index (χ1n) is 11.4. The van der Waals surface area contributed by atoms with Gasteiger partial charge in [-0.25, -0.2) is 8.78 Å². The van der Waals surface area contributed by atoms with Crippen molar-refractivity contribution < 1.29 is 22.0 Å². The van der Waals surface area contributed by atoms with E-state index in [0.29, 0.717) is 49.4 Å². The van der Waals surface area contributed by atoms with Crippen LogP contribution in [0.2, 0.25) is 0 Å². The molecule has 0 amide bonds. The van der Waals surface area contributed by atoms with Crippen molar-refractivity contribution in [2.24, 2.45) is 5.92 Å². The lowest BCUT2D eigenvalue weighted by Gasteiger charge is -2.30. The second-order valence-corrected chi connectivity index (χ2v) is 9.27. The molecule has 4 nitrogen and oxygen atoms in total. The lowest BCUT2D eigenvalue weighted by atomic mass is 9.81. The summed E-state index contributed by atoms with van der Waals surface area (Å²) >= 11 is 0. The van der Waals surface area contributed by atoms with Crippen molar-refractivity contribution in [2.75, 3.05) is 0 Å². The zero-order chi connectivity index (χ0) is 23.2. The predicted octanol–water partition coefficient (Wildman–Crippen LogP) is 5.79. The van der Waals surface area contributed by atoms with Crippen molar-refractivity contribution in [3.63, 3.8) is 0 Å². The van der Waals surface area contributed by atoms with Crippen molar-refractivity contribution in [1.29, 1.82) is 0 Å². The van der Waals surface area contributed by atoms with Gasteiger partial charge < -0.3 is 5.32 Å². The highest BCUT2D eigenvalue weighted by Crippen LogP contribution is 2.38. The van der Waals surface area contributed by atoms with Gasteiger partial charge in [0.15, 0.2) is 5.65 Å². The smallest absolute Gasteiger partial charge is 0.310 e. The monoisotopic (exact) mass is 464 g/mol. The molecule has 0 atom stereocenters. The van der Waals surface area contributed by atoms with E-state index in [9.17, 15) is 22.0 Å². The quantitative estimate of drug-likeness (QED) is 0.469. The normalized spacial score (nSPS) is 21.6. The number of halogens is 5. The first-order chi connectivity index (χ1) is 15.8. The van der Waals surface area contributed by atoms with Crippen LogP contribution >= 0.6 is 0 Å². The Kier molecular flexibility index (Phi) is 5.84. The van der Waals surface area contributed by atoms with E-state index in [1.54, 1.807) is 6.20 Å². The fourth-order valence-electron chi connectivity index (χ4n) is 4.91. The molecule has 1 N–H and O–H groups in total. The summed E-state index contributed by atoms with van der Waals surface area (Å²) in [4.78, 5) is 0. The maximum absolute atomic E-state index is 14.1. The fraction of sp³-hybridized carbons (Fsp3) is 0.500. The summed E-state index contributed by atoms with van der Waals surface area (Å²) in [6.45, 7) is 0.0659. The van der Waals surface area contributed by atoms with E-state index in [0.717, 1.165) is 18.9 Å². The highest BCUT2D eigenvalue weighted by Gasteiger charge is 2.38. The van der Waals surface area contributed by atoms with Crippen LogP contribution < -0.4 is 5.32 Å². The van der Waals surface area contributed by atoms with E-state index < -0.39 is 23.4 Å². The average molecular weight is 464 g/mol. The van der Waals surface area contributed by atoms with Crippen molar-refractivity contribution in [2.45, 2.75) is 69.6 Å². The molecule has 2 aliphatic rings. The molecule has 3 aromatic rings. The van der Waals surface area contributed by atoms with Gasteiger partial charge in [-0.05, 0) is 73.6 Å². The Bertz CT molecular complexity index is 1140. The van der Waals surface area contributed by atoms with Gasteiger partial charge in [0.25, 0.3) is 0 Å². The van der Waals surface area contributed by atoms with Crippen LogP contribution in [-0.4, -0.2) is 20.6 Å². The van der Waals surface area contributed by atoms with Crippen LogP contribution in [0.25, 0.3) is 5.65 Å². The third-order valence-electron chi connectivity index (χ3n) is 6.90. The number of aromatic nitrogens is 3. The lowest BCUT2D eigenvalue weighted by molar-refractivity contribution is -0.137. The van der Waals surface area contributed by atoms with Gasteiger partial charge in [-0.2, -0.15) is 13.2 Å². The largest absolute Gasteiger partial charge is 0.420 e. The van der Waals surface area contributed by atoms with Gasteiger partial charge in [-0.15, -0.1) is 10.2 Å². The van der Waals surface area contributed by atoms with Crippen LogP contribution in [0.15, 0.2) is 30.5 Å². The standard InChI is InChI=1S/C24H25F5N4/c25-17-5-8-19(20(26)12-17)15-3-6-18(7-4-15)30-13-16-9-10-33-21(11-14-1-2-14)31-32-23(33)22(16)24(27,28)29/h5,8-10,12,14-15,18,30H,1-4,6-7,11,13H2/t15-,18+. The number of hydrogen-bond acceptors (Lipinski definition) is 3. The van der Waals surface area contributed by atoms with Crippen molar-refractivity contribution in [1.82, 2.24) is 19.9 Å². The van der Waals surface area contributed by atoms with E-state index in [1.165, 1.54) is 22.6 Å². The Balaban J connectivity index is 1.27. The Labute approximate surface area is 188 Å².